The van der Waals surface area contributed by atoms with Gasteiger partial charge in [0.1, 0.15) is 5.15 Å². The van der Waals surface area contributed by atoms with Crippen LogP contribution in [0.3, 0.4) is 0 Å². The molecule has 0 aliphatic rings. The van der Waals surface area contributed by atoms with Gasteiger partial charge < -0.3 is 10.2 Å². The summed E-state index contributed by atoms with van der Waals surface area (Å²) in [6.07, 6.45) is -4.87. The Morgan fingerprint density at radius 3 is 2.65 bits per heavy atom. The summed E-state index contributed by atoms with van der Waals surface area (Å²) in [5, 5.41) is 18.4. The van der Waals surface area contributed by atoms with Crippen LogP contribution >= 0.6 is 11.6 Å². The number of pyridine rings is 1. The van der Waals surface area contributed by atoms with E-state index in [-0.39, 0.29) is 24.8 Å². The van der Waals surface area contributed by atoms with E-state index in [4.69, 9.17) is 16.7 Å². The molecule has 1 heterocycles. The summed E-state index contributed by atoms with van der Waals surface area (Å²) >= 11 is 5.71. The third-order valence-corrected chi connectivity index (χ3v) is 2.80. The zero-order valence-corrected chi connectivity index (χ0v) is 11.4. The van der Waals surface area contributed by atoms with Crippen molar-refractivity contribution in [3.63, 3.8) is 0 Å². The molecule has 1 atom stereocenters. The van der Waals surface area contributed by atoms with Crippen molar-refractivity contribution >= 4 is 11.6 Å². The lowest BCUT2D eigenvalue weighted by atomic mass is 10.2. The SMILES string of the molecule is OC[C@@H](O)CN(CCC(F)(F)F)Cc1ccnc(Cl)c1. The predicted octanol–water partition coefficient (Wildman–Crippen LogP) is 1.84. The highest BCUT2D eigenvalue weighted by atomic mass is 35.5. The van der Waals surface area contributed by atoms with Gasteiger partial charge in [-0.25, -0.2) is 4.98 Å². The van der Waals surface area contributed by atoms with Crippen molar-refractivity contribution in [3.8, 4) is 0 Å². The average molecular weight is 313 g/mol. The minimum absolute atomic E-state index is 0.0491. The number of aliphatic hydroxyl groups is 2. The highest BCUT2D eigenvalue weighted by Gasteiger charge is 2.28. The van der Waals surface area contributed by atoms with Gasteiger partial charge in [0.15, 0.2) is 0 Å². The Bertz CT molecular complexity index is 418. The van der Waals surface area contributed by atoms with Crippen molar-refractivity contribution in [2.24, 2.45) is 0 Å². The van der Waals surface area contributed by atoms with Crippen molar-refractivity contribution < 1.29 is 23.4 Å². The topological polar surface area (TPSA) is 56.6 Å². The summed E-state index contributed by atoms with van der Waals surface area (Å²) < 4.78 is 36.8. The average Bonchev–Trinajstić information content (AvgIpc) is 2.35. The molecule has 0 aliphatic carbocycles. The molecule has 1 rings (SSSR count). The molecule has 2 N–H and O–H groups in total. The van der Waals surface area contributed by atoms with Crippen LogP contribution in [0.25, 0.3) is 0 Å². The number of aromatic nitrogens is 1. The zero-order chi connectivity index (χ0) is 15.2. The molecule has 4 nitrogen and oxygen atoms in total. The van der Waals surface area contributed by atoms with Gasteiger partial charge in [0.25, 0.3) is 0 Å². The summed E-state index contributed by atoms with van der Waals surface area (Å²) in [6.45, 7) is -0.623. The van der Waals surface area contributed by atoms with Gasteiger partial charge in [-0.1, -0.05) is 11.6 Å². The molecule has 0 spiro atoms. The molecule has 8 heteroatoms. The fourth-order valence-corrected chi connectivity index (χ4v) is 1.87. The van der Waals surface area contributed by atoms with Crippen LogP contribution in [0.4, 0.5) is 13.2 Å². The number of nitrogens with zero attached hydrogens (tertiary/aromatic N) is 2. The van der Waals surface area contributed by atoms with Crippen LogP contribution in [-0.2, 0) is 6.54 Å². The second-order valence-electron chi connectivity index (χ2n) is 4.42. The maximum absolute atomic E-state index is 12.3. The van der Waals surface area contributed by atoms with Gasteiger partial charge in [-0.05, 0) is 17.7 Å². The minimum atomic E-state index is -4.27. The summed E-state index contributed by atoms with van der Waals surface area (Å²) in [4.78, 5) is 5.20. The third kappa shape index (κ3) is 7.04. The lowest BCUT2D eigenvalue weighted by Crippen LogP contribution is -2.36. The number of aliphatic hydroxyl groups excluding tert-OH is 2. The normalized spacial score (nSPS) is 13.8. The molecule has 0 aromatic carbocycles. The van der Waals surface area contributed by atoms with Crippen LogP contribution in [0.15, 0.2) is 18.3 Å². The van der Waals surface area contributed by atoms with Gasteiger partial charge in [0.2, 0.25) is 0 Å². The van der Waals surface area contributed by atoms with Crippen LogP contribution in [-0.4, -0.2) is 52.1 Å². The lowest BCUT2D eigenvalue weighted by molar-refractivity contribution is -0.139. The van der Waals surface area contributed by atoms with E-state index in [1.165, 1.54) is 11.1 Å². The highest BCUT2D eigenvalue weighted by molar-refractivity contribution is 6.29. The monoisotopic (exact) mass is 312 g/mol. The molecule has 0 unspecified atom stereocenters. The van der Waals surface area contributed by atoms with Crippen molar-refractivity contribution in [2.45, 2.75) is 25.2 Å². The van der Waals surface area contributed by atoms with E-state index < -0.39 is 25.3 Å². The maximum Gasteiger partial charge on any atom is 0.390 e. The maximum atomic E-state index is 12.3. The number of alkyl halides is 3. The van der Waals surface area contributed by atoms with Crippen molar-refractivity contribution in [1.82, 2.24) is 9.88 Å². The molecule has 0 saturated heterocycles. The van der Waals surface area contributed by atoms with E-state index in [9.17, 15) is 18.3 Å². The molecular weight excluding hydrogens is 297 g/mol. The summed E-state index contributed by atoms with van der Waals surface area (Å²) in [5.74, 6) is 0. The number of halogens is 4. The molecule has 1 aromatic heterocycles. The second kappa shape index (κ2) is 7.78. The van der Waals surface area contributed by atoms with E-state index in [1.54, 1.807) is 12.1 Å². The van der Waals surface area contributed by atoms with Crippen molar-refractivity contribution in [3.05, 3.63) is 29.0 Å². The lowest BCUT2D eigenvalue weighted by Gasteiger charge is -2.25. The molecule has 0 radical (unpaired) electrons. The molecule has 0 amide bonds. The zero-order valence-electron chi connectivity index (χ0n) is 10.6. The second-order valence-corrected chi connectivity index (χ2v) is 4.81. The summed E-state index contributed by atoms with van der Waals surface area (Å²) in [7, 11) is 0. The summed E-state index contributed by atoms with van der Waals surface area (Å²) in [5.41, 5.74) is 0.692. The van der Waals surface area contributed by atoms with E-state index >= 15 is 0 Å². The van der Waals surface area contributed by atoms with E-state index in [0.29, 0.717) is 5.56 Å². The van der Waals surface area contributed by atoms with Gasteiger partial charge in [-0.15, -0.1) is 0 Å². The standard InChI is InChI=1S/C12H16ClF3N2O2/c13-11-5-9(1-3-17-11)6-18(7-10(20)8-19)4-2-12(14,15)16/h1,3,5,10,19-20H,2,4,6-8H2/t10-/m0/s1. The molecule has 0 saturated carbocycles. The molecule has 114 valence electrons. The fourth-order valence-electron chi connectivity index (χ4n) is 1.67. The smallest absolute Gasteiger partial charge is 0.390 e. The van der Waals surface area contributed by atoms with Gasteiger partial charge in [0, 0.05) is 25.8 Å². The van der Waals surface area contributed by atoms with Gasteiger partial charge in [-0.3, -0.25) is 4.90 Å². The van der Waals surface area contributed by atoms with Gasteiger partial charge in [-0.2, -0.15) is 13.2 Å². The van der Waals surface area contributed by atoms with Crippen molar-refractivity contribution in [2.75, 3.05) is 19.7 Å². The largest absolute Gasteiger partial charge is 0.394 e. The van der Waals surface area contributed by atoms with E-state index in [2.05, 4.69) is 4.98 Å². The first-order valence-corrected chi connectivity index (χ1v) is 6.36. The Labute approximate surface area is 119 Å². The molecule has 0 fully saturated rings. The first-order chi connectivity index (χ1) is 9.30. The fraction of sp³-hybridized carbons (Fsp3) is 0.583. The van der Waals surface area contributed by atoms with Crippen molar-refractivity contribution in [1.29, 1.82) is 0 Å². The molecule has 0 aliphatic heterocycles. The number of hydrogen-bond donors (Lipinski definition) is 2. The molecule has 1 aromatic rings. The van der Waals surface area contributed by atoms with Crippen LogP contribution in [0.5, 0.6) is 0 Å². The highest BCUT2D eigenvalue weighted by Crippen LogP contribution is 2.20. The number of hydrogen-bond acceptors (Lipinski definition) is 4. The van der Waals surface area contributed by atoms with Crippen LogP contribution in [0.2, 0.25) is 5.15 Å². The number of rotatable bonds is 7. The Hall–Kier alpha value is -0.890. The minimum Gasteiger partial charge on any atom is -0.394 e. The van der Waals surface area contributed by atoms with Crippen LogP contribution in [0.1, 0.15) is 12.0 Å². The Morgan fingerprint density at radius 2 is 2.10 bits per heavy atom. The quantitative estimate of drug-likeness (QED) is 0.754. The van der Waals surface area contributed by atoms with Gasteiger partial charge in [0.05, 0.1) is 19.1 Å². The first-order valence-electron chi connectivity index (χ1n) is 5.98. The summed E-state index contributed by atoms with van der Waals surface area (Å²) in [6, 6.07) is 3.19. The molecule has 20 heavy (non-hydrogen) atoms. The van der Waals surface area contributed by atoms with E-state index in [0.717, 1.165) is 0 Å². The Balaban J connectivity index is 2.66. The Morgan fingerprint density at radius 1 is 1.40 bits per heavy atom. The van der Waals surface area contributed by atoms with Crippen LogP contribution in [0, 0.1) is 0 Å². The molecule has 0 bridgehead atoms. The van der Waals surface area contributed by atoms with Crippen LogP contribution < -0.4 is 0 Å². The van der Waals surface area contributed by atoms with Gasteiger partial charge >= 0.3 is 6.18 Å². The van der Waals surface area contributed by atoms with E-state index in [1.807, 2.05) is 0 Å². The third-order valence-electron chi connectivity index (χ3n) is 2.59. The molecular formula is C12H16ClF3N2O2. The predicted molar refractivity (Wildman–Crippen MR) is 68.3 cm³/mol. The first kappa shape index (κ1) is 17.2. The Kier molecular flexibility index (Phi) is 6.67.